The lowest BCUT2D eigenvalue weighted by Crippen LogP contribution is -2.47. The van der Waals surface area contributed by atoms with Crippen molar-refractivity contribution in [2.45, 2.75) is 122 Å². The molecule has 0 radical (unpaired) electrons. The molecule has 0 bridgehead atoms. The van der Waals surface area contributed by atoms with Crippen LogP contribution in [-0.4, -0.2) is 59.3 Å². The van der Waals surface area contributed by atoms with E-state index < -0.39 is 30.6 Å². The summed E-state index contributed by atoms with van der Waals surface area (Å²) in [6.07, 6.45) is 49.0. The molecule has 4 N–H and O–H groups in total. The van der Waals surface area contributed by atoms with Crippen molar-refractivity contribution < 1.29 is 34.1 Å². The van der Waals surface area contributed by atoms with Gasteiger partial charge >= 0.3 is 11.9 Å². The SMILES string of the molecule is CC/C=C\C/C=C\C/C=C\C/C=C\C/C=C\C/C=C\CCC(=O)OC(/C=C\C/C=C\CC)/C=C\CCCCCC(=O)NCC(=O)NC(CO)C(=O)O. The van der Waals surface area contributed by atoms with Crippen LogP contribution in [0.1, 0.15) is 110 Å². The average molecular weight is 721 g/mol. The minimum absolute atomic E-state index is 0.240. The van der Waals surface area contributed by atoms with Gasteiger partial charge in [-0.1, -0.05) is 117 Å². The van der Waals surface area contributed by atoms with Crippen molar-refractivity contribution in [2.75, 3.05) is 13.2 Å². The van der Waals surface area contributed by atoms with Gasteiger partial charge in [-0.25, -0.2) is 4.79 Å². The number of aliphatic carboxylic acids is 1. The fourth-order valence-corrected chi connectivity index (χ4v) is 4.40. The van der Waals surface area contributed by atoms with Crippen LogP contribution in [0, 0.1) is 0 Å². The highest BCUT2D eigenvalue weighted by molar-refractivity contribution is 5.87. The zero-order valence-electron chi connectivity index (χ0n) is 31.5. The Kier molecular flexibility index (Phi) is 33.2. The summed E-state index contributed by atoms with van der Waals surface area (Å²) >= 11 is 0. The Bertz CT molecular complexity index is 1240. The first-order valence-corrected chi connectivity index (χ1v) is 18.8. The maximum Gasteiger partial charge on any atom is 0.328 e. The number of hydrogen-bond acceptors (Lipinski definition) is 6. The van der Waals surface area contributed by atoms with Gasteiger partial charge in [0.05, 0.1) is 13.2 Å². The maximum absolute atomic E-state index is 12.5. The van der Waals surface area contributed by atoms with Gasteiger partial charge in [-0.3, -0.25) is 14.4 Å². The molecular formula is C43H64N2O7. The lowest BCUT2D eigenvalue weighted by Gasteiger charge is -2.12. The highest BCUT2D eigenvalue weighted by Gasteiger charge is 2.18. The molecule has 0 fully saturated rings. The lowest BCUT2D eigenvalue weighted by atomic mass is 10.1. The average Bonchev–Trinajstić information content (AvgIpc) is 3.13. The molecular weight excluding hydrogens is 656 g/mol. The van der Waals surface area contributed by atoms with Crippen LogP contribution in [0.25, 0.3) is 0 Å². The molecule has 2 amide bonds. The number of rotatable bonds is 31. The third kappa shape index (κ3) is 32.7. The van der Waals surface area contributed by atoms with Gasteiger partial charge in [0.15, 0.2) is 0 Å². The van der Waals surface area contributed by atoms with Crippen LogP contribution in [0.3, 0.4) is 0 Å². The molecule has 2 unspecified atom stereocenters. The molecule has 0 aliphatic heterocycles. The van der Waals surface area contributed by atoms with Crippen LogP contribution in [-0.2, 0) is 23.9 Å². The fraction of sp³-hybridized carbons (Fsp3) is 0.488. The van der Waals surface area contributed by atoms with Crippen molar-refractivity contribution >= 4 is 23.8 Å². The van der Waals surface area contributed by atoms with Gasteiger partial charge in [0, 0.05) is 12.8 Å². The van der Waals surface area contributed by atoms with Crippen LogP contribution in [0.2, 0.25) is 0 Å². The summed E-state index contributed by atoms with van der Waals surface area (Å²) in [5.74, 6) is -2.59. The molecule has 0 rings (SSSR count). The van der Waals surface area contributed by atoms with Crippen molar-refractivity contribution in [3.05, 3.63) is 109 Å². The van der Waals surface area contributed by atoms with E-state index in [9.17, 15) is 19.2 Å². The Morgan fingerprint density at radius 1 is 0.577 bits per heavy atom. The van der Waals surface area contributed by atoms with Crippen LogP contribution >= 0.6 is 0 Å². The Morgan fingerprint density at radius 2 is 1.08 bits per heavy atom. The number of aliphatic hydroxyl groups is 1. The minimum atomic E-state index is -1.40. The van der Waals surface area contributed by atoms with E-state index in [2.05, 4.69) is 103 Å². The second-order valence-electron chi connectivity index (χ2n) is 11.9. The molecule has 0 saturated carbocycles. The van der Waals surface area contributed by atoms with Crippen LogP contribution in [0.4, 0.5) is 0 Å². The Labute approximate surface area is 312 Å². The van der Waals surface area contributed by atoms with Gasteiger partial charge in [0.25, 0.3) is 0 Å². The zero-order chi connectivity index (χ0) is 38.3. The van der Waals surface area contributed by atoms with E-state index >= 15 is 0 Å². The lowest BCUT2D eigenvalue weighted by molar-refractivity contribution is -0.145. The van der Waals surface area contributed by atoms with E-state index in [1.54, 1.807) is 0 Å². The number of carboxylic acids is 1. The molecule has 0 heterocycles. The Hall–Kier alpha value is -4.50. The molecule has 9 nitrogen and oxygen atoms in total. The van der Waals surface area contributed by atoms with Crippen LogP contribution in [0.15, 0.2) is 109 Å². The number of allylic oxidation sites excluding steroid dienone is 16. The molecule has 288 valence electrons. The second-order valence-corrected chi connectivity index (χ2v) is 11.9. The van der Waals surface area contributed by atoms with E-state index in [1.165, 1.54) is 0 Å². The summed E-state index contributed by atoms with van der Waals surface area (Å²) < 4.78 is 5.71. The van der Waals surface area contributed by atoms with Gasteiger partial charge in [-0.05, 0) is 89.2 Å². The number of carboxylic acid groups (broad SMARTS) is 1. The van der Waals surface area contributed by atoms with Crippen LogP contribution < -0.4 is 10.6 Å². The summed E-state index contributed by atoms with van der Waals surface area (Å²) in [7, 11) is 0. The highest BCUT2D eigenvalue weighted by Crippen LogP contribution is 2.08. The third-order valence-electron chi connectivity index (χ3n) is 7.24. The first-order valence-electron chi connectivity index (χ1n) is 18.8. The third-order valence-corrected chi connectivity index (χ3v) is 7.24. The number of hydrogen-bond donors (Lipinski definition) is 4. The quantitative estimate of drug-likeness (QED) is 0.0320. The molecule has 9 heteroatoms. The Morgan fingerprint density at radius 3 is 1.60 bits per heavy atom. The summed E-state index contributed by atoms with van der Waals surface area (Å²) in [5, 5.41) is 22.4. The smallest absolute Gasteiger partial charge is 0.328 e. The topological polar surface area (TPSA) is 142 Å². The summed E-state index contributed by atoms with van der Waals surface area (Å²) in [4.78, 5) is 47.1. The molecule has 0 aliphatic carbocycles. The standard InChI is InChI=1S/C43H64N2O7/c1-3-5-7-9-10-11-12-13-14-15-16-17-18-19-20-21-22-27-31-35-42(49)52-38(32-28-24-8-6-4-2)33-29-25-23-26-30-34-40(47)44-36-41(48)45-39(37-46)43(50)51/h5-8,10-11,13-14,16-17,19-20,22,27-29,32-33,38-39,46H,3-4,9,12,15,18,21,23-26,30-31,34-37H2,1-2H3,(H,44,47)(H,45,48)(H,50,51)/b7-5-,8-6-,11-10-,14-13-,17-16-,20-19-,27-22-,32-28-,33-29-. The monoisotopic (exact) mass is 720 g/mol. The van der Waals surface area contributed by atoms with Gasteiger partial charge in [-0.2, -0.15) is 0 Å². The van der Waals surface area contributed by atoms with E-state index in [0.717, 1.165) is 70.6 Å². The summed E-state index contributed by atoms with van der Waals surface area (Å²) in [6.45, 7) is 3.14. The number of unbranched alkanes of at least 4 members (excludes halogenated alkanes) is 3. The molecule has 0 spiro atoms. The largest absolute Gasteiger partial charge is 0.480 e. The van der Waals surface area contributed by atoms with Crippen LogP contribution in [0.5, 0.6) is 0 Å². The van der Waals surface area contributed by atoms with Gasteiger partial charge < -0.3 is 25.6 Å². The number of carbonyl (C=O) groups is 4. The molecule has 2 atom stereocenters. The van der Waals surface area contributed by atoms with Gasteiger partial charge in [0.1, 0.15) is 12.1 Å². The predicted octanol–water partition coefficient (Wildman–Crippen LogP) is 8.47. The van der Waals surface area contributed by atoms with Crippen molar-refractivity contribution in [1.82, 2.24) is 10.6 Å². The summed E-state index contributed by atoms with van der Waals surface area (Å²) in [6, 6.07) is -1.40. The molecule has 0 aliphatic rings. The number of amides is 2. The Balaban J connectivity index is 4.36. The van der Waals surface area contributed by atoms with Crippen molar-refractivity contribution in [3.63, 3.8) is 0 Å². The molecule has 52 heavy (non-hydrogen) atoms. The summed E-state index contributed by atoms with van der Waals surface area (Å²) in [5.41, 5.74) is 0. The van der Waals surface area contributed by atoms with Gasteiger partial charge in [0.2, 0.25) is 11.8 Å². The molecule has 0 saturated heterocycles. The molecule has 0 aromatic rings. The van der Waals surface area contributed by atoms with Gasteiger partial charge in [-0.15, -0.1) is 0 Å². The molecule has 0 aromatic heterocycles. The van der Waals surface area contributed by atoms with E-state index in [4.69, 9.17) is 14.9 Å². The van der Waals surface area contributed by atoms with Crippen molar-refractivity contribution in [3.8, 4) is 0 Å². The second kappa shape index (κ2) is 36.3. The first-order chi connectivity index (χ1) is 25.3. The maximum atomic E-state index is 12.5. The number of aliphatic hydroxyl groups excluding tert-OH is 1. The zero-order valence-corrected chi connectivity index (χ0v) is 31.5. The normalized spacial score (nSPS) is 13.8. The minimum Gasteiger partial charge on any atom is -0.480 e. The number of carbonyl (C=O) groups excluding carboxylic acids is 3. The first kappa shape index (κ1) is 47.5. The fourth-order valence-electron chi connectivity index (χ4n) is 4.40. The van der Waals surface area contributed by atoms with Crippen molar-refractivity contribution in [2.24, 2.45) is 0 Å². The number of nitrogens with one attached hydrogen (secondary N) is 2. The van der Waals surface area contributed by atoms with E-state index in [-0.39, 0.29) is 24.8 Å². The molecule has 0 aromatic carbocycles. The predicted molar refractivity (Wildman–Crippen MR) is 212 cm³/mol. The van der Waals surface area contributed by atoms with Crippen molar-refractivity contribution in [1.29, 1.82) is 0 Å². The number of ether oxygens (including phenoxy) is 1. The highest BCUT2D eigenvalue weighted by atomic mass is 16.5. The van der Waals surface area contributed by atoms with E-state index in [1.807, 2.05) is 30.4 Å². The van der Waals surface area contributed by atoms with E-state index in [0.29, 0.717) is 19.3 Å². The number of esters is 1.